The lowest BCUT2D eigenvalue weighted by molar-refractivity contribution is -0.119. The smallest absolute Gasteiger partial charge is 0.264 e. The van der Waals surface area contributed by atoms with Crippen molar-refractivity contribution in [2.45, 2.75) is 46.4 Å². The molecule has 39 heavy (non-hydrogen) atoms. The van der Waals surface area contributed by atoms with Crippen molar-refractivity contribution < 1.29 is 13.2 Å². The second kappa shape index (κ2) is 11.3. The fourth-order valence-corrected chi connectivity index (χ4v) is 6.06. The number of carbonyl (C=O) groups excluding carboxylic acids is 1. The fraction of sp³-hybridized carbons (Fsp3) is 0.226. The molecule has 3 aromatic carbocycles. The van der Waals surface area contributed by atoms with E-state index >= 15 is 0 Å². The fourth-order valence-electron chi connectivity index (χ4n) is 4.57. The van der Waals surface area contributed by atoms with Gasteiger partial charge in [-0.25, -0.2) is 13.8 Å². The summed E-state index contributed by atoms with van der Waals surface area (Å²) in [5.74, 6) is -0.547. The summed E-state index contributed by atoms with van der Waals surface area (Å²) >= 11 is 0. The third kappa shape index (κ3) is 6.12. The zero-order valence-corrected chi connectivity index (χ0v) is 24.0. The summed E-state index contributed by atoms with van der Waals surface area (Å²) in [5, 5.41) is 4.15. The quantitative estimate of drug-likeness (QED) is 0.230. The Hall–Kier alpha value is -4.17. The molecule has 1 aromatic heterocycles. The molecule has 0 unspecified atom stereocenters. The Labute approximate surface area is 230 Å². The highest BCUT2D eigenvalue weighted by atomic mass is 32.2. The standard InChI is InChI=1S/C31H34N4O3S/c1-21-7-12-28(13-8-21)35-25(5)18-27(26(35)6)19-32-33-31(36)20-34(30-16-11-23(3)17-24(30)4)39(37,38)29-14-9-22(2)10-15-29/h7-19H,20H2,1-6H3,(H,33,36)/b32-19-. The first kappa shape index (κ1) is 27.9. The van der Waals surface area contributed by atoms with Crippen molar-refractivity contribution in [2.75, 3.05) is 10.8 Å². The minimum Gasteiger partial charge on any atom is -0.318 e. The Morgan fingerprint density at radius 1 is 0.846 bits per heavy atom. The van der Waals surface area contributed by atoms with E-state index in [1.165, 1.54) is 5.56 Å². The van der Waals surface area contributed by atoms with Crippen LogP contribution in [0.3, 0.4) is 0 Å². The van der Waals surface area contributed by atoms with E-state index in [9.17, 15) is 13.2 Å². The molecule has 4 rings (SSSR count). The van der Waals surface area contributed by atoms with E-state index in [-0.39, 0.29) is 4.90 Å². The molecule has 0 saturated carbocycles. The highest BCUT2D eigenvalue weighted by molar-refractivity contribution is 7.92. The van der Waals surface area contributed by atoms with Crippen LogP contribution in [0.25, 0.3) is 5.69 Å². The van der Waals surface area contributed by atoms with Crippen LogP contribution in [0.4, 0.5) is 5.69 Å². The lowest BCUT2D eigenvalue weighted by atomic mass is 10.1. The summed E-state index contributed by atoms with van der Waals surface area (Å²) in [6.07, 6.45) is 1.58. The molecule has 7 nitrogen and oxygen atoms in total. The minimum absolute atomic E-state index is 0.118. The molecule has 1 N–H and O–H groups in total. The van der Waals surface area contributed by atoms with Crippen LogP contribution in [-0.2, 0) is 14.8 Å². The number of hydrazone groups is 1. The van der Waals surface area contributed by atoms with Crippen LogP contribution >= 0.6 is 0 Å². The Morgan fingerprint density at radius 3 is 2.05 bits per heavy atom. The topological polar surface area (TPSA) is 83.8 Å². The Morgan fingerprint density at radius 2 is 1.44 bits per heavy atom. The van der Waals surface area contributed by atoms with Gasteiger partial charge in [-0.3, -0.25) is 9.10 Å². The van der Waals surface area contributed by atoms with Gasteiger partial charge in [0.25, 0.3) is 15.9 Å². The Kier molecular flexibility index (Phi) is 8.06. The molecule has 4 aromatic rings. The lowest BCUT2D eigenvalue weighted by Gasteiger charge is -2.25. The van der Waals surface area contributed by atoms with Crippen molar-refractivity contribution in [3.8, 4) is 5.69 Å². The average Bonchev–Trinajstić information content (AvgIpc) is 3.16. The molecule has 0 radical (unpaired) electrons. The maximum absolute atomic E-state index is 13.7. The lowest BCUT2D eigenvalue weighted by Crippen LogP contribution is -2.40. The van der Waals surface area contributed by atoms with Crippen molar-refractivity contribution in [3.63, 3.8) is 0 Å². The molecule has 1 amide bonds. The van der Waals surface area contributed by atoms with Gasteiger partial charge in [0, 0.05) is 22.6 Å². The summed E-state index contributed by atoms with van der Waals surface area (Å²) in [7, 11) is -4.00. The average molecular weight is 543 g/mol. The van der Waals surface area contributed by atoms with Crippen LogP contribution in [0, 0.1) is 41.5 Å². The molecule has 8 heteroatoms. The number of anilines is 1. The van der Waals surface area contributed by atoms with Crippen LogP contribution in [0.15, 0.2) is 82.8 Å². The highest BCUT2D eigenvalue weighted by Gasteiger charge is 2.28. The van der Waals surface area contributed by atoms with E-state index in [1.54, 1.807) is 36.5 Å². The number of benzene rings is 3. The van der Waals surface area contributed by atoms with Crippen LogP contribution in [0.2, 0.25) is 0 Å². The first-order chi connectivity index (χ1) is 18.5. The number of aromatic nitrogens is 1. The SMILES string of the molecule is Cc1ccc(-n2c(C)cc(/C=N\NC(=O)CN(c3ccc(C)cc3C)S(=O)(=O)c3ccc(C)cc3)c2C)cc1. The van der Waals surface area contributed by atoms with Gasteiger partial charge in [0.15, 0.2) is 0 Å². The van der Waals surface area contributed by atoms with Gasteiger partial charge in [-0.05, 0) is 83.5 Å². The van der Waals surface area contributed by atoms with Crippen LogP contribution in [0.5, 0.6) is 0 Å². The number of hydrogen-bond donors (Lipinski definition) is 1. The van der Waals surface area contributed by atoms with E-state index in [0.717, 1.165) is 43.6 Å². The van der Waals surface area contributed by atoms with E-state index in [1.807, 2.05) is 59.7 Å². The summed E-state index contributed by atoms with van der Waals surface area (Å²) in [4.78, 5) is 13.1. The second-order valence-corrected chi connectivity index (χ2v) is 11.8. The van der Waals surface area contributed by atoms with E-state index in [4.69, 9.17) is 0 Å². The van der Waals surface area contributed by atoms with Gasteiger partial charge in [-0.15, -0.1) is 0 Å². The summed E-state index contributed by atoms with van der Waals surface area (Å²) in [6, 6.07) is 22.3. The van der Waals surface area contributed by atoms with Crippen molar-refractivity contribution >= 4 is 27.8 Å². The number of carbonyl (C=O) groups is 1. The molecule has 0 atom stereocenters. The first-order valence-electron chi connectivity index (χ1n) is 12.7. The molecule has 0 fully saturated rings. The normalized spacial score (nSPS) is 11.6. The second-order valence-electron chi connectivity index (χ2n) is 9.91. The monoisotopic (exact) mass is 542 g/mol. The molecule has 0 aliphatic heterocycles. The Bertz CT molecular complexity index is 1630. The maximum atomic E-state index is 13.7. The third-order valence-electron chi connectivity index (χ3n) is 6.67. The molecule has 0 spiro atoms. The number of nitrogens with zero attached hydrogens (tertiary/aromatic N) is 3. The molecule has 0 aliphatic carbocycles. The first-order valence-corrected chi connectivity index (χ1v) is 14.2. The van der Waals surface area contributed by atoms with Gasteiger partial charge < -0.3 is 4.57 Å². The van der Waals surface area contributed by atoms with Crippen LogP contribution in [0.1, 0.15) is 39.2 Å². The number of nitrogens with one attached hydrogen (secondary N) is 1. The molecule has 1 heterocycles. The summed E-state index contributed by atoms with van der Waals surface area (Å²) in [5.41, 5.74) is 10.8. The highest BCUT2D eigenvalue weighted by Crippen LogP contribution is 2.28. The maximum Gasteiger partial charge on any atom is 0.264 e. The zero-order chi connectivity index (χ0) is 28.3. The predicted molar refractivity (Wildman–Crippen MR) is 157 cm³/mol. The minimum atomic E-state index is -4.00. The van der Waals surface area contributed by atoms with Gasteiger partial charge in [-0.2, -0.15) is 5.10 Å². The number of amides is 1. The number of hydrogen-bond acceptors (Lipinski definition) is 4. The Balaban J connectivity index is 1.57. The number of aryl methyl sites for hydroxylation is 5. The van der Waals surface area contributed by atoms with Crippen LogP contribution < -0.4 is 9.73 Å². The van der Waals surface area contributed by atoms with Crippen molar-refractivity contribution in [2.24, 2.45) is 5.10 Å². The van der Waals surface area contributed by atoms with Crippen molar-refractivity contribution in [1.29, 1.82) is 0 Å². The van der Waals surface area contributed by atoms with Gasteiger partial charge in [0.05, 0.1) is 16.8 Å². The van der Waals surface area contributed by atoms with E-state index < -0.39 is 22.5 Å². The van der Waals surface area contributed by atoms with Crippen LogP contribution in [-0.4, -0.2) is 31.7 Å². The summed E-state index contributed by atoms with van der Waals surface area (Å²) < 4.78 is 30.6. The van der Waals surface area contributed by atoms with Crippen molar-refractivity contribution in [1.82, 2.24) is 9.99 Å². The van der Waals surface area contributed by atoms with Gasteiger partial charge in [0.2, 0.25) is 0 Å². The predicted octanol–water partition coefficient (Wildman–Crippen LogP) is 5.67. The largest absolute Gasteiger partial charge is 0.318 e. The summed E-state index contributed by atoms with van der Waals surface area (Å²) in [6.45, 7) is 11.3. The molecule has 202 valence electrons. The number of sulfonamides is 1. The molecular weight excluding hydrogens is 508 g/mol. The zero-order valence-electron chi connectivity index (χ0n) is 23.2. The molecule has 0 saturated heterocycles. The van der Waals surface area contributed by atoms with E-state index in [2.05, 4.69) is 39.4 Å². The molecule has 0 aliphatic rings. The number of rotatable bonds is 8. The van der Waals surface area contributed by atoms with Gasteiger partial charge >= 0.3 is 0 Å². The molecular formula is C31H34N4O3S. The molecule has 0 bridgehead atoms. The van der Waals surface area contributed by atoms with Crippen molar-refractivity contribution in [3.05, 3.63) is 112 Å². The van der Waals surface area contributed by atoms with Gasteiger partial charge in [0.1, 0.15) is 6.54 Å². The van der Waals surface area contributed by atoms with E-state index in [0.29, 0.717) is 5.69 Å². The van der Waals surface area contributed by atoms with Gasteiger partial charge in [-0.1, -0.05) is 53.1 Å². The third-order valence-corrected chi connectivity index (χ3v) is 8.45.